The summed E-state index contributed by atoms with van der Waals surface area (Å²) >= 11 is 3.27. The number of nitrogens with zero attached hydrogens (tertiary/aromatic N) is 2. The molecule has 9 heteroatoms. The van der Waals surface area contributed by atoms with Gasteiger partial charge < -0.3 is 9.47 Å². The maximum Gasteiger partial charge on any atom is 0.269 e. The Morgan fingerprint density at radius 3 is 2.75 bits per heavy atom. The van der Waals surface area contributed by atoms with E-state index in [0.717, 1.165) is 35.2 Å². The fourth-order valence-electron chi connectivity index (χ4n) is 3.56. The SMILES string of the molecule is CCCSc1nc(NNC(=O)c2ccc(OC)cc2)c2c3c(sc2n1)CO[C@@](C)(CC)C3. The van der Waals surface area contributed by atoms with Crippen LogP contribution in [0.5, 0.6) is 5.75 Å². The highest BCUT2D eigenvalue weighted by Crippen LogP contribution is 2.42. The molecule has 170 valence electrons. The van der Waals surface area contributed by atoms with Crippen molar-refractivity contribution in [1.82, 2.24) is 15.4 Å². The van der Waals surface area contributed by atoms with Crippen molar-refractivity contribution >= 4 is 45.0 Å². The van der Waals surface area contributed by atoms with Crippen LogP contribution in [0.4, 0.5) is 5.82 Å². The molecule has 0 saturated carbocycles. The van der Waals surface area contributed by atoms with Gasteiger partial charge in [-0.1, -0.05) is 25.6 Å². The number of ether oxygens (including phenoxy) is 2. The Labute approximate surface area is 196 Å². The highest BCUT2D eigenvalue weighted by atomic mass is 32.2. The average Bonchev–Trinajstić information content (AvgIpc) is 3.18. The second-order valence-corrected chi connectivity index (χ2v) is 10.1. The summed E-state index contributed by atoms with van der Waals surface area (Å²) in [5.41, 5.74) is 7.43. The third-order valence-corrected chi connectivity index (χ3v) is 7.80. The zero-order valence-electron chi connectivity index (χ0n) is 18.8. The zero-order chi connectivity index (χ0) is 22.7. The molecule has 7 nitrogen and oxygen atoms in total. The van der Waals surface area contributed by atoms with E-state index in [2.05, 4.69) is 31.6 Å². The van der Waals surface area contributed by atoms with E-state index in [1.807, 2.05) is 0 Å². The number of amides is 1. The van der Waals surface area contributed by atoms with Gasteiger partial charge in [0, 0.05) is 22.6 Å². The molecule has 1 aliphatic heterocycles. The predicted molar refractivity (Wildman–Crippen MR) is 130 cm³/mol. The van der Waals surface area contributed by atoms with Crippen molar-refractivity contribution in [2.24, 2.45) is 0 Å². The van der Waals surface area contributed by atoms with Gasteiger partial charge in [-0.15, -0.1) is 11.3 Å². The maximum absolute atomic E-state index is 12.7. The molecule has 0 spiro atoms. The summed E-state index contributed by atoms with van der Waals surface area (Å²) in [7, 11) is 1.60. The lowest BCUT2D eigenvalue weighted by molar-refractivity contribution is -0.0543. The fraction of sp³-hybridized carbons (Fsp3) is 0.435. The Hall–Kier alpha value is -2.36. The molecule has 1 aromatic carbocycles. The minimum Gasteiger partial charge on any atom is -0.497 e. The number of benzene rings is 1. The lowest BCUT2D eigenvalue weighted by Crippen LogP contribution is -2.34. The number of aromatic nitrogens is 2. The number of methoxy groups -OCH3 is 1. The first kappa shape index (κ1) is 22.8. The van der Waals surface area contributed by atoms with E-state index in [-0.39, 0.29) is 11.5 Å². The third kappa shape index (κ3) is 4.69. The minimum atomic E-state index is -0.243. The number of thioether (sulfide) groups is 1. The smallest absolute Gasteiger partial charge is 0.269 e. The first-order valence-electron chi connectivity index (χ1n) is 10.8. The van der Waals surface area contributed by atoms with Gasteiger partial charge in [0.25, 0.3) is 5.91 Å². The van der Waals surface area contributed by atoms with Crippen LogP contribution in [-0.2, 0) is 17.8 Å². The summed E-state index contributed by atoms with van der Waals surface area (Å²) in [6, 6.07) is 6.98. The second-order valence-electron chi connectivity index (χ2n) is 7.96. The number of hydrogen-bond donors (Lipinski definition) is 2. The van der Waals surface area contributed by atoms with E-state index in [1.54, 1.807) is 54.5 Å². The van der Waals surface area contributed by atoms with E-state index < -0.39 is 0 Å². The van der Waals surface area contributed by atoms with Crippen LogP contribution < -0.4 is 15.6 Å². The summed E-state index contributed by atoms with van der Waals surface area (Å²) in [4.78, 5) is 24.4. The van der Waals surface area contributed by atoms with Crippen molar-refractivity contribution in [2.75, 3.05) is 18.3 Å². The molecule has 3 aromatic rings. The minimum absolute atomic E-state index is 0.208. The molecular weight excluding hydrogens is 444 g/mol. The average molecular weight is 473 g/mol. The number of rotatable bonds is 8. The number of anilines is 1. The van der Waals surface area contributed by atoms with Crippen LogP contribution in [0.1, 0.15) is 54.4 Å². The van der Waals surface area contributed by atoms with Gasteiger partial charge in [0.1, 0.15) is 10.6 Å². The van der Waals surface area contributed by atoms with Gasteiger partial charge in [-0.05, 0) is 49.6 Å². The molecule has 0 radical (unpaired) electrons. The number of hydrogen-bond acceptors (Lipinski definition) is 8. The molecule has 2 N–H and O–H groups in total. The topological polar surface area (TPSA) is 85.4 Å². The summed E-state index contributed by atoms with van der Waals surface area (Å²) in [5.74, 6) is 2.03. The van der Waals surface area contributed by atoms with Crippen molar-refractivity contribution in [3.63, 3.8) is 0 Å². The van der Waals surface area contributed by atoms with Crippen LogP contribution in [0.25, 0.3) is 10.2 Å². The normalized spacial score (nSPS) is 17.8. The van der Waals surface area contributed by atoms with Crippen LogP contribution in [-0.4, -0.2) is 34.3 Å². The summed E-state index contributed by atoms with van der Waals surface area (Å²) in [5, 5.41) is 1.68. The van der Waals surface area contributed by atoms with Gasteiger partial charge in [-0.2, -0.15) is 0 Å². The van der Waals surface area contributed by atoms with Crippen LogP contribution >= 0.6 is 23.1 Å². The lowest BCUT2D eigenvalue weighted by atomic mass is 9.90. The van der Waals surface area contributed by atoms with Crippen molar-refractivity contribution in [1.29, 1.82) is 0 Å². The van der Waals surface area contributed by atoms with Gasteiger partial charge in [-0.25, -0.2) is 9.97 Å². The Morgan fingerprint density at radius 1 is 1.28 bits per heavy atom. The first-order chi connectivity index (χ1) is 15.5. The number of nitrogens with one attached hydrogen (secondary N) is 2. The molecule has 1 aliphatic rings. The third-order valence-electron chi connectivity index (χ3n) is 5.65. The number of fused-ring (bicyclic) bond motifs is 3. The summed E-state index contributed by atoms with van der Waals surface area (Å²) in [6.45, 7) is 7.00. The van der Waals surface area contributed by atoms with Gasteiger partial charge >= 0.3 is 0 Å². The molecule has 32 heavy (non-hydrogen) atoms. The Balaban J connectivity index is 1.66. The van der Waals surface area contributed by atoms with E-state index in [9.17, 15) is 4.79 Å². The molecule has 3 heterocycles. The molecule has 4 rings (SSSR count). The second kappa shape index (κ2) is 9.64. The number of thiophene rings is 1. The fourth-order valence-corrected chi connectivity index (χ4v) is 5.42. The highest BCUT2D eigenvalue weighted by molar-refractivity contribution is 7.99. The Kier molecular flexibility index (Phi) is 6.88. The van der Waals surface area contributed by atoms with Crippen molar-refractivity contribution in [3.8, 4) is 5.75 Å². The predicted octanol–water partition coefficient (Wildman–Crippen LogP) is 5.20. The number of hydrazine groups is 1. The highest BCUT2D eigenvalue weighted by Gasteiger charge is 2.33. The summed E-state index contributed by atoms with van der Waals surface area (Å²) in [6.07, 6.45) is 2.75. The quantitative estimate of drug-likeness (QED) is 0.265. The van der Waals surface area contributed by atoms with Crippen LogP contribution in [0.15, 0.2) is 29.4 Å². The van der Waals surface area contributed by atoms with E-state index in [0.29, 0.717) is 28.9 Å². The monoisotopic (exact) mass is 472 g/mol. The van der Waals surface area contributed by atoms with E-state index >= 15 is 0 Å². The molecule has 0 unspecified atom stereocenters. The first-order valence-corrected chi connectivity index (χ1v) is 12.6. The Morgan fingerprint density at radius 2 is 2.06 bits per heavy atom. The maximum atomic E-state index is 12.7. The molecule has 0 fully saturated rings. The van der Waals surface area contributed by atoms with E-state index in [1.165, 1.54) is 10.4 Å². The van der Waals surface area contributed by atoms with Gasteiger partial charge in [0.2, 0.25) is 0 Å². The molecule has 2 aromatic heterocycles. The van der Waals surface area contributed by atoms with Crippen LogP contribution in [0.3, 0.4) is 0 Å². The van der Waals surface area contributed by atoms with E-state index in [4.69, 9.17) is 19.4 Å². The molecule has 0 bridgehead atoms. The molecule has 1 amide bonds. The zero-order valence-corrected chi connectivity index (χ0v) is 20.4. The summed E-state index contributed by atoms with van der Waals surface area (Å²) < 4.78 is 11.3. The van der Waals surface area contributed by atoms with Gasteiger partial charge in [0.15, 0.2) is 11.0 Å². The largest absolute Gasteiger partial charge is 0.497 e. The molecule has 0 aliphatic carbocycles. The molecule has 0 saturated heterocycles. The van der Waals surface area contributed by atoms with Crippen LogP contribution in [0.2, 0.25) is 0 Å². The van der Waals surface area contributed by atoms with Gasteiger partial charge in [0.05, 0.1) is 24.7 Å². The van der Waals surface area contributed by atoms with Crippen molar-refractivity contribution in [2.45, 2.75) is 57.4 Å². The van der Waals surface area contributed by atoms with Crippen molar-refractivity contribution in [3.05, 3.63) is 40.3 Å². The molecular formula is C23H28N4O3S2. The van der Waals surface area contributed by atoms with Gasteiger partial charge in [-0.3, -0.25) is 15.6 Å². The standard InChI is InChI=1S/C23H28N4O3S2/c1-5-11-31-22-24-19(26-27-20(28)14-7-9-15(29-4)10-8-14)18-16-12-23(3,6-2)30-13-17(16)32-21(18)25-22/h7-10H,5-6,11-13H2,1-4H3,(H,27,28)(H,24,25,26)/t23-/m0/s1. The molecule has 1 atom stereocenters. The van der Waals surface area contributed by atoms with Crippen LogP contribution in [0, 0.1) is 0 Å². The number of carbonyl (C=O) groups is 1. The number of carbonyl (C=O) groups excluding carboxylic acids is 1. The van der Waals surface area contributed by atoms with Crippen molar-refractivity contribution < 1.29 is 14.3 Å². The lowest BCUT2D eigenvalue weighted by Gasteiger charge is -2.33. The Bertz CT molecular complexity index is 1120.